The molecule has 2 unspecified atom stereocenters. The fourth-order valence-corrected chi connectivity index (χ4v) is 4.14. The van der Waals surface area contributed by atoms with Gasteiger partial charge >= 0.3 is 0 Å². The summed E-state index contributed by atoms with van der Waals surface area (Å²) in [6.45, 7) is 7.68. The van der Waals surface area contributed by atoms with Crippen LogP contribution in [0.25, 0.3) is 0 Å². The summed E-state index contributed by atoms with van der Waals surface area (Å²) in [5, 5.41) is 3.26. The van der Waals surface area contributed by atoms with E-state index in [-0.39, 0.29) is 30.5 Å². The molecular formula is C22H35ClN2O3. The van der Waals surface area contributed by atoms with E-state index < -0.39 is 0 Å². The molecule has 0 bridgehead atoms. The maximum absolute atomic E-state index is 13.0. The summed E-state index contributed by atoms with van der Waals surface area (Å²) in [4.78, 5) is 15.0. The third-order valence-electron chi connectivity index (χ3n) is 5.48. The van der Waals surface area contributed by atoms with Gasteiger partial charge in [0.2, 0.25) is 0 Å². The van der Waals surface area contributed by atoms with Gasteiger partial charge in [-0.05, 0) is 41.9 Å². The number of ether oxygens (including phenoxy) is 2. The molecule has 0 radical (unpaired) electrons. The lowest BCUT2D eigenvalue weighted by Gasteiger charge is -2.31. The molecule has 6 heteroatoms. The molecule has 158 valence electrons. The van der Waals surface area contributed by atoms with Crippen LogP contribution in [-0.2, 0) is 27.2 Å². The predicted octanol–water partition coefficient (Wildman–Crippen LogP) is 3.50. The van der Waals surface area contributed by atoms with E-state index in [4.69, 9.17) is 9.47 Å². The number of nitrogens with zero attached hydrogens (tertiary/aromatic N) is 1. The first kappa shape index (κ1) is 23.1. The Balaban J connectivity index is 0.00000280. The highest BCUT2D eigenvalue weighted by Crippen LogP contribution is 2.32. The van der Waals surface area contributed by atoms with Crippen molar-refractivity contribution in [3.8, 4) is 0 Å². The van der Waals surface area contributed by atoms with Crippen molar-refractivity contribution in [3.05, 3.63) is 34.9 Å². The molecule has 0 saturated carbocycles. The summed E-state index contributed by atoms with van der Waals surface area (Å²) in [7, 11) is 1.80. The smallest absolute Gasteiger partial charge is 0.253 e. The minimum absolute atomic E-state index is 0. The van der Waals surface area contributed by atoms with Crippen molar-refractivity contribution in [1.82, 2.24) is 10.2 Å². The standard InChI is InChI=1S/C22H34N2O3.ClH/c1-16(2)14-24(22(25)21-13-23-10-11-27-21)15-17-8-9-18-6-4-5-7-20(26-3)19(18)12-17;/h8-9,12,16,20-21,23H,4-7,10-11,13-15H2,1-3H3;1H. The van der Waals surface area contributed by atoms with Crippen molar-refractivity contribution in [3.63, 3.8) is 0 Å². The largest absolute Gasteiger partial charge is 0.377 e. The van der Waals surface area contributed by atoms with Gasteiger partial charge in [-0.1, -0.05) is 38.5 Å². The van der Waals surface area contributed by atoms with Crippen molar-refractivity contribution in [2.24, 2.45) is 5.92 Å². The van der Waals surface area contributed by atoms with Crippen LogP contribution in [0.1, 0.15) is 55.9 Å². The minimum atomic E-state index is -0.370. The van der Waals surface area contributed by atoms with Gasteiger partial charge in [-0.3, -0.25) is 4.79 Å². The molecule has 2 aliphatic rings. The van der Waals surface area contributed by atoms with Crippen molar-refractivity contribution < 1.29 is 14.3 Å². The van der Waals surface area contributed by atoms with E-state index in [2.05, 4.69) is 37.4 Å². The molecule has 5 nitrogen and oxygen atoms in total. The van der Waals surface area contributed by atoms with Crippen molar-refractivity contribution in [2.75, 3.05) is 33.4 Å². The lowest BCUT2D eigenvalue weighted by atomic mass is 9.97. The van der Waals surface area contributed by atoms with Gasteiger partial charge in [-0.2, -0.15) is 0 Å². The van der Waals surface area contributed by atoms with Gasteiger partial charge in [0.15, 0.2) is 0 Å². The number of halogens is 1. The molecule has 3 rings (SSSR count). The number of carbonyl (C=O) groups excluding carboxylic acids is 1. The highest BCUT2D eigenvalue weighted by Gasteiger charge is 2.28. The number of hydrogen-bond donors (Lipinski definition) is 1. The maximum atomic E-state index is 13.0. The van der Waals surface area contributed by atoms with Crippen molar-refractivity contribution in [1.29, 1.82) is 0 Å². The molecule has 1 amide bonds. The van der Waals surface area contributed by atoms with E-state index in [0.29, 0.717) is 25.6 Å². The second-order valence-corrected chi connectivity index (χ2v) is 8.18. The molecule has 1 aromatic carbocycles. The van der Waals surface area contributed by atoms with Crippen LogP contribution in [-0.4, -0.2) is 50.3 Å². The first-order chi connectivity index (χ1) is 13.1. The quantitative estimate of drug-likeness (QED) is 0.729. The average molecular weight is 411 g/mol. The van der Waals surface area contributed by atoms with Gasteiger partial charge in [-0.15, -0.1) is 12.4 Å². The van der Waals surface area contributed by atoms with Gasteiger partial charge < -0.3 is 19.7 Å². The molecular weight excluding hydrogens is 376 g/mol. The van der Waals surface area contributed by atoms with Crippen molar-refractivity contribution >= 4 is 18.3 Å². The van der Waals surface area contributed by atoms with Gasteiger partial charge in [0.25, 0.3) is 5.91 Å². The van der Waals surface area contributed by atoms with E-state index in [1.54, 1.807) is 7.11 Å². The molecule has 1 aliphatic heterocycles. The van der Waals surface area contributed by atoms with Crippen LogP contribution in [0, 0.1) is 5.92 Å². The normalized spacial score (nSPS) is 22.1. The third kappa shape index (κ3) is 5.93. The second-order valence-electron chi connectivity index (χ2n) is 8.18. The molecule has 1 aliphatic carbocycles. The Hall–Kier alpha value is -1.14. The zero-order valence-corrected chi connectivity index (χ0v) is 18.2. The Morgan fingerprint density at radius 3 is 2.86 bits per heavy atom. The summed E-state index contributed by atoms with van der Waals surface area (Å²) in [6, 6.07) is 6.67. The summed E-state index contributed by atoms with van der Waals surface area (Å²) in [6.07, 6.45) is 4.41. The van der Waals surface area contributed by atoms with Crippen LogP contribution in [0.2, 0.25) is 0 Å². The Kier molecular flexibility index (Phi) is 9.22. The summed E-state index contributed by atoms with van der Waals surface area (Å²) >= 11 is 0. The number of morpholine rings is 1. The highest BCUT2D eigenvalue weighted by molar-refractivity contribution is 5.85. The average Bonchev–Trinajstić information content (AvgIpc) is 2.89. The summed E-state index contributed by atoms with van der Waals surface area (Å²) < 4.78 is 11.5. The van der Waals surface area contributed by atoms with Gasteiger partial charge in [0.05, 0.1) is 12.7 Å². The highest BCUT2D eigenvalue weighted by atomic mass is 35.5. The first-order valence-electron chi connectivity index (χ1n) is 10.3. The van der Waals surface area contributed by atoms with Gasteiger partial charge in [0.1, 0.15) is 6.10 Å². The number of carbonyl (C=O) groups is 1. The molecule has 1 aromatic rings. The van der Waals surface area contributed by atoms with Crippen LogP contribution < -0.4 is 5.32 Å². The zero-order valence-electron chi connectivity index (χ0n) is 17.4. The zero-order chi connectivity index (χ0) is 19.2. The van der Waals surface area contributed by atoms with E-state index in [0.717, 1.165) is 25.9 Å². The van der Waals surface area contributed by atoms with Crippen molar-refractivity contribution in [2.45, 2.75) is 58.3 Å². The molecule has 28 heavy (non-hydrogen) atoms. The number of amides is 1. The molecule has 0 spiro atoms. The number of hydrogen-bond acceptors (Lipinski definition) is 4. The lowest BCUT2D eigenvalue weighted by molar-refractivity contribution is -0.146. The van der Waals surface area contributed by atoms with Crippen LogP contribution >= 0.6 is 12.4 Å². The van der Waals surface area contributed by atoms with E-state index >= 15 is 0 Å². The number of benzene rings is 1. The number of rotatable bonds is 6. The summed E-state index contributed by atoms with van der Waals surface area (Å²) in [5.74, 6) is 0.507. The van der Waals surface area contributed by atoms with Crippen LogP contribution in [0.5, 0.6) is 0 Å². The lowest BCUT2D eigenvalue weighted by Crippen LogP contribution is -2.49. The topological polar surface area (TPSA) is 50.8 Å². The molecule has 1 heterocycles. The van der Waals surface area contributed by atoms with Gasteiger partial charge in [0, 0.05) is 33.3 Å². The molecule has 1 fully saturated rings. The SMILES string of the molecule is COC1CCCCc2ccc(CN(CC(C)C)C(=O)C3CNCCO3)cc21.Cl. The molecule has 0 aromatic heterocycles. The summed E-state index contributed by atoms with van der Waals surface area (Å²) in [5.41, 5.74) is 3.88. The number of aryl methyl sites for hydroxylation is 1. The Labute approximate surface area is 175 Å². The monoisotopic (exact) mass is 410 g/mol. The van der Waals surface area contributed by atoms with E-state index in [1.807, 2.05) is 4.90 Å². The number of fused-ring (bicyclic) bond motifs is 1. The second kappa shape index (κ2) is 11.1. The first-order valence-corrected chi connectivity index (χ1v) is 10.3. The Bertz CT molecular complexity index is 632. The van der Waals surface area contributed by atoms with E-state index in [9.17, 15) is 4.79 Å². The fourth-order valence-electron chi connectivity index (χ4n) is 4.14. The molecule has 1 saturated heterocycles. The van der Waals surface area contributed by atoms with E-state index in [1.165, 1.54) is 29.5 Å². The van der Waals surface area contributed by atoms with Crippen LogP contribution in [0.15, 0.2) is 18.2 Å². The molecule has 2 atom stereocenters. The fraction of sp³-hybridized carbons (Fsp3) is 0.682. The number of nitrogens with one attached hydrogen (secondary N) is 1. The maximum Gasteiger partial charge on any atom is 0.253 e. The molecule has 1 N–H and O–H groups in total. The Morgan fingerprint density at radius 1 is 1.36 bits per heavy atom. The van der Waals surface area contributed by atoms with Crippen LogP contribution in [0.3, 0.4) is 0 Å². The van der Waals surface area contributed by atoms with Gasteiger partial charge in [-0.25, -0.2) is 0 Å². The number of methoxy groups -OCH3 is 1. The Morgan fingerprint density at radius 2 is 2.18 bits per heavy atom. The third-order valence-corrected chi connectivity index (χ3v) is 5.48. The minimum Gasteiger partial charge on any atom is -0.377 e. The van der Waals surface area contributed by atoms with Crippen LogP contribution in [0.4, 0.5) is 0 Å². The predicted molar refractivity (Wildman–Crippen MR) is 114 cm³/mol.